The number of aryl methyl sites for hydroxylation is 1. The van der Waals surface area contributed by atoms with E-state index in [4.69, 9.17) is 0 Å². The van der Waals surface area contributed by atoms with Gasteiger partial charge in [-0.1, -0.05) is 42.0 Å². The van der Waals surface area contributed by atoms with Crippen LogP contribution in [0.5, 0.6) is 0 Å². The van der Waals surface area contributed by atoms with Gasteiger partial charge in [-0.15, -0.1) is 0 Å². The molecule has 1 aliphatic rings. The van der Waals surface area contributed by atoms with Gasteiger partial charge < -0.3 is 5.11 Å². The van der Waals surface area contributed by atoms with Crippen LogP contribution in [0.25, 0.3) is 5.57 Å². The van der Waals surface area contributed by atoms with Gasteiger partial charge in [0.15, 0.2) is 0 Å². The van der Waals surface area contributed by atoms with Crippen LogP contribution in [0.4, 0.5) is 0 Å². The molecule has 1 heterocycles. The molecule has 2 aromatic rings. The molecule has 0 saturated heterocycles. The average molecular weight is 357 g/mol. The molecule has 0 amide bonds. The highest BCUT2D eigenvalue weighted by Crippen LogP contribution is 2.26. The van der Waals surface area contributed by atoms with E-state index < -0.39 is 16.1 Å². The van der Waals surface area contributed by atoms with Gasteiger partial charge in [-0.05, 0) is 36.3 Å². The minimum absolute atomic E-state index is 0.0200. The lowest BCUT2D eigenvalue weighted by molar-refractivity contribution is 0.112. The van der Waals surface area contributed by atoms with Gasteiger partial charge in [0.05, 0.1) is 11.0 Å². The summed E-state index contributed by atoms with van der Waals surface area (Å²) in [6, 6.07) is 13.5. The predicted molar refractivity (Wildman–Crippen MR) is 95.8 cm³/mol. The maximum atomic E-state index is 12.9. The van der Waals surface area contributed by atoms with Crippen LogP contribution >= 0.6 is 0 Å². The van der Waals surface area contributed by atoms with Gasteiger partial charge in [0.25, 0.3) is 0 Å². The van der Waals surface area contributed by atoms with Crippen molar-refractivity contribution in [3.63, 3.8) is 0 Å². The molecule has 6 heteroatoms. The van der Waals surface area contributed by atoms with E-state index >= 15 is 0 Å². The molecule has 0 spiro atoms. The van der Waals surface area contributed by atoms with Gasteiger partial charge in [-0.3, -0.25) is 4.79 Å². The number of rotatable bonds is 4. The van der Waals surface area contributed by atoms with Crippen LogP contribution in [-0.4, -0.2) is 43.3 Å². The summed E-state index contributed by atoms with van der Waals surface area (Å²) < 4.78 is 27.0. The molecule has 1 atom stereocenters. The topological polar surface area (TPSA) is 74.7 Å². The summed E-state index contributed by atoms with van der Waals surface area (Å²) in [7, 11) is -3.69. The van der Waals surface area contributed by atoms with E-state index in [0.29, 0.717) is 11.1 Å². The molecular weight excluding hydrogens is 338 g/mol. The fourth-order valence-corrected chi connectivity index (χ4v) is 4.24. The summed E-state index contributed by atoms with van der Waals surface area (Å²) in [6.45, 7) is 2.09. The molecule has 1 unspecified atom stereocenters. The van der Waals surface area contributed by atoms with Crippen LogP contribution < -0.4 is 0 Å². The second kappa shape index (κ2) is 6.92. The monoisotopic (exact) mass is 357 g/mol. The Morgan fingerprint density at radius 2 is 1.72 bits per heavy atom. The number of aldehydes is 1. The molecule has 3 rings (SSSR count). The number of carbonyl (C=O) groups excluding carboxylic acids is 1. The largest absolute Gasteiger partial charge is 0.388 e. The Morgan fingerprint density at radius 3 is 2.32 bits per heavy atom. The molecule has 0 fully saturated rings. The van der Waals surface area contributed by atoms with E-state index in [1.807, 2.05) is 6.92 Å². The minimum Gasteiger partial charge on any atom is -0.388 e. The van der Waals surface area contributed by atoms with Crippen LogP contribution in [0.3, 0.4) is 0 Å². The number of β-amino-alcohol motifs (C(OH)–C–C–N with tert-alkyl or cyclic N) is 1. The van der Waals surface area contributed by atoms with Gasteiger partial charge in [0, 0.05) is 18.7 Å². The molecule has 1 aliphatic heterocycles. The summed E-state index contributed by atoms with van der Waals surface area (Å²) in [5.74, 6) is 0. The molecule has 2 aromatic carbocycles. The number of sulfonamides is 1. The Hall–Kier alpha value is -2.28. The first-order valence-electron chi connectivity index (χ1n) is 7.91. The minimum atomic E-state index is -3.69. The lowest BCUT2D eigenvalue weighted by Crippen LogP contribution is -2.41. The van der Waals surface area contributed by atoms with Gasteiger partial charge in [0.2, 0.25) is 10.0 Å². The number of hydrogen-bond donors (Lipinski definition) is 1. The Morgan fingerprint density at radius 1 is 1.08 bits per heavy atom. The molecule has 5 nitrogen and oxygen atoms in total. The van der Waals surface area contributed by atoms with E-state index in [9.17, 15) is 18.3 Å². The number of carbonyl (C=O) groups is 1. The summed E-state index contributed by atoms with van der Waals surface area (Å²) in [5, 5.41) is 10.1. The fourth-order valence-electron chi connectivity index (χ4n) is 2.81. The zero-order valence-electron chi connectivity index (χ0n) is 13.8. The quantitative estimate of drug-likeness (QED) is 0.852. The van der Waals surface area contributed by atoms with Crippen molar-refractivity contribution in [1.29, 1.82) is 0 Å². The second-order valence-electron chi connectivity index (χ2n) is 6.11. The standard InChI is InChI=1S/C19H19NO4S/c1-14-2-8-19(9-3-14)25(23,24)20-11-17(10-18(22)12-20)16-6-4-15(13-21)5-7-16/h2-10,13,18,22H,11-12H2,1H3. The summed E-state index contributed by atoms with van der Waals surface area (Å²) in [4.78, 5) is 11.0. The third kappa shape index (κ3) is 3.71. The Bertz CT molecular complexity index is 899. The molecule has 0 aromatic heterocycles. The summed E-state index contributed by atoms with van der Waals surface area (Å²) in [5.41, 5.74) is 3.03. The average Bonchev–Trinajstić information content (AvgIpc) is 2.61. The van der Waals surface area contributed by atoms with Crippen molar-refractivity contribution in [2.75, 3.05) is 13.1 Å². The molecule has 1 N–H and O–H groups in total. The number of aliphatic hydroxyl groups excluding tert-OH is 1. The maximum Gasteiger partial charge on any atom is 0.243 e. The first-order chi connectivity index (χ1) is 11.9. The Kier molecular flexibility index (Phi) is 4.85. The lowest BCUT2D eigenvalue weighted by Gasteiger charge is -2.29. The highest BCUT2D eigenvalue weighted by Gasteiger charge is 2.30. The van der Waals surface area contributed by atoms with Crippen LogP contribution in [0.1, 0.15) is 21.5 Å². The van der Waals surface area contributed by atoms with Gasteiger partial charge in [0.1, 0.15) is 6.29 Å². The van der Waals surface area contributed by atoms with Crippen LogP contribution in [0.2, 0.25) is 0 Å². The third-order valence-electron chi connectivity index (χ3n) is 4.21. The van der Waals surface area contributed by atoms with Crippen molar-refractivity contribution in [2.24, 2.45) is 0 Å². The molecule has 130 valence electrons. The van der Waals surface area contributed by atoms with Crippen LogP contribution in [-0.2, 0) is 10.0 Å². The van der Waals surface area contributed by atoms with Crippen molar-refractivity contribution >= 4 is 21.9 Å². The third-order valence-corrected chi connectivity index (χ3v) is 6.03. The van der Waals surface area contributed by atoms with Crippen LogP contribution in [0.15, 0.2) is 59.5 Å². The molecule has 25 heavy (non-hydrogen) atoms. The fraction of sp³-hybridized carbons (Fsp3) is 0.211. The number of benzene rings is 2. The SMILES string of the molecule is Cc1ccc(S(=O)(=O)N2CC(c3ccc(C=O)cc3)=CC(O)C2)cc1. The second-order valence-corrected chi connectivity index (χ2v) is 8.05. The highest BCUT2D eigenvalue weighted by atomic mass is 32.2. The molecule has 0 aliphatic carbocycles. The Balaban J connectivity index is 1.90. The first-order valence-corrected chi connectivity index (χ1v) is 9.35. The predicted octanol–water partition coefficient (Wildman–Crippen LogP) is 2.26. The molecule has 0 bridgehead atoms. The van der Waals surface area contributed by atoms with Gasteiger partial charge >= 0.3 is 0 Å². The van der Waals surface area contributed by atoms with E-state index in [-0.39, 0.29) is 18.0 Å². The van der Waals surface area contributed by atoms with Crippen molar-refractivity contribution in [3.8, 4) is 0 Å². The number of nitrogens with zero attached hydrogens (tertiary/aromatic N) is 1. The summed E-state index contributed by atoms with van der Waals surface area (Å²) >= 11 is 0. The van der Waals surface area contributed by atoms with E-state index in [1.54, 1.807) is 54.6 Å². The highest BCUT2D eigenvalue weighted by molar-refractivity contribution is 7.89. The zero-order valence-corrected chi connectivity index (χ0v) is 14.6. The zero-order chi connectivity index (χ0) is 18.0. The van der Waals surface area contributed by atoms with Gasteiger partial charge in [-0.2, -0.15) is 4.31 Å². The van der Waals surface area contributed by atoms with Crippen molar-refractivity contribution in [3.05, 3.63) is 71.3 Å². The van der Waals surface area contributed by atoms with Crippen molar-refractivity contribution < 1.29 is 18.3 Å². The smallest absolute Gasteiger partial charge is 0.243 e. The number of hydrogen-bond acceptors (Lipinski definition) is 4. The maximum absolute atomic E-state index is 12.9. The molecular formula is C19H19NO4S. The molecule has 0 radical (unpaired) electrons. The van der Waals surface area contributed by atoms with E-state index in [0.717, 1.165) is 17.4 Å². The lowest BCUT2D eigenvalue weighted by atomic mass is 10.0. The van der Waals surface area contributed by atoms with Gasteiger partial charge in [-0.25, -0.2) is 8.42 Å². The van der Waals surface area contributed by atoms with Crippen molar-refractivity contribution in [2.45, 2.75) is 17.9 Å². The number of aliphatic hydroxyl groups is 1. The summed E-state index contributed by atoms with van der Waals surface area (Å²) in [6.07, 6.45) is 1.54. The normalized spacial score (nSPS) is 18.6. The van der Waals surface area contributed by atoms with Crippen LogP contribution in [0, 0.1) is 6.92 Å². The first kappa shape index (κ1) is 17.5. The van der Waals surface area contributed by atoms with E-state index in [1.165, 1.54) is 4.31 Å². The van der Waals surface area contributed by atoms with E-state index in [2.05, 4.69) is 0 Å². The molecule has 0 saturated carbocycles. The Labute approximate surface area is 147 Å². The van der Waals surface area contributed by atoms with Crippen molar-refractivity contribution in [1.82, 2.24) is 4.31 Å².